The van der Waals surface area contributed by atoms with Crippen molar-refractivity contribution >= 4 is 5.91 Å². The molecule has 5 heteroatoms. The number of pyridine rings is 1. The molecule has 1 N–H and O–H groups in total. The van der Waals surface area contributed by atoms with Gasteiger partial charge in [-0.05, 0) is 42.7 Å². The first-order valence-corrected chi connectivity index (χ1v) is 10.5. The quantitative estimate of drug-likeness (QED) is 0.802. The predicted octanol–water partition coefficient (Wildman–Crippen LogP) is 3.04. The van der Waals surface area contributed by atoms with E-state index in [4.69, 9.17) is 0 Å². The summed E-state index contributed by atoms with van der Waals surface area (Å²) in [5.74, 6) is 6.74. The summed E-state index contributed by atoms with van der Waals surface area (Å²) in [7, 11) is 0. The van der Waals surface area contributed by atoms with E-state index in [0.717, 1.165) is 11.1 Å². The summed E-state index contributed by atoms with van der Waals surface area (Å²) in [6, 6.07) is 14.6. The largest absolute Gasteiger partial charge is 0.394 e. The number of benzene rings is 1. The summed E-state index contributed by atoms with van der Waals surface area (Å²) < 4.78 is 0. The highest BCUT2D eigenvalue weighted by molar-refractivity contribution is 5.81. The molecule has 2 fully saturated rings. The molecular weight excluding hydrogens is 374 g/mol. The predicted molar refractivity (Wildman–Crippen MR) is 113 cm³/mol. The van der Waals surface area contributed by atoms with E-state index in [1.807, 2.05) is 30.3 Å². The normalized spacial score (nSPS) is 23.2. The Labute approximate surface area is 177 Å². The standard InChI is InChI=1S/C25H25N3O2/c26-16-22-25(20-12-10-19(11-13-20)9-8-18-5-1-2-6-18)23(17-29)28(22)24(30)15-21-7-3-4-14-27-21/h3-4,7,10-14,18,22-23,25,29H,1-2,5-6,15,17H2/t22-,23+,25-/m0/s1. The van der Waals surface area contributed by atoms with Crippen molar-refractivity contribution in [1.29, 1.82) is 5.26 Å². The van der Waals surface area contributed by atoms with Gasteiger partial charge in [-0.15, -0.1) is 0 Å². The van der Waals surface area contributed by atoms with E-state index < -0.39 is 12.1 Å². The minimum atomic E-state index is -0.589. The number of amides is 1. The number of aromatic nitrogens is 1. The van der Waals surface area contributed by atoms with Crippen LogP contribution < -0.4 is 0 Å². The second kappa shape index (κ2) is 9.11. The molecule has 1 aromatic carbocycles. The zero-order chi connectivity index (χ0) is 20.9. The number of nitrogens with zero attached hydrogens (tertiary/aromatic N) is 3. The van der Waals surface area contributed by atoms with Gasteiger partial charge in [0.2, 0.25) is 5.91 Å². The Bertz CT molecular complexity index is 979. The van der Waals surface area contributed by atoms with Crippen LogP contribution in [0.1, 0.15) is 48.4 Å². The molecule has 1 aliphatic carbocycles. The van der Waals surface area contributed by atoms with Gasteiger partial charge in [-0.25, -0.2) is 0 Å². The molecule has 0 radical (unpaired) electrons. The summed E-state index contributed by atoms with van der Waals surface area (Å²) in [5, 5.41) is 19.6. The van der Waals surface area contributed by atoms with E-state index in [0.29, 0.717) is 11.6 Å². The summed E-state index contributed by atoms with van der Waals surface area (Å²) in [5.41, 5.74) is 2.57. The zero-order valence-electron chi connectivity index (χ0n) is 16.9. The van der Waals surface area contributed by atoms with E-state index in [-0.39, 0.29) is 24.9 Å². The van der Waals surface area contributed by atoms with Crippen LogP contribution in [0.3, 0.4) is 0 Å². The van der Waals surface area contributed by atoms with Crippen molar-refractivity contribution in [3.63, 3.8) is 0 Å². The molecule has 1 aliphatic heterocycles. The zero-order valence-corrected chi connectivity index (χ0v) is 16.9. The Morgan fingerprint density at radius 3 is 2.57 bits per heavy atom. The minimum Gasteiger partial charge on any atom is -0.394 e. The number of hydrogen-bond acceptors (Lipinski definition) is 4. The van der Waals surface area contributed by atoms with Crippen molar-refractivity contribution in [3.8, 4) is 17.9 Å². The number of aliphatic hydroxyl groups excluding tert-OH is 1. The fraction of sp³-hybridized carbons (Fsp3) is 0.400. The molecule has 1 aromatic heterocycles. The molecule has 4 rings (SSSR count). The maximum absolute atomic E-state index is 12.8. The molecule has 0 unspecified atom stereocenters. The lowest BCUT2D eigenvalue weighted by atomic mass is 9.75. The fourth-order valence-electron chi connectivity index (χ4n) is 4.54. The second-order valence-corrected chi connectivity index (χ2v) is 8.02. The molecule has 2 aromatic rings. The van der Waals surface area contributed by atoms with Crippen LogP contribution in [0.25, 0.3) is 0 Å². The van der Waals surface area contributed by atoms with Crippen molar-refractivity contribution in [2.75, 3.05) is 6.61 Å². The number of likely N-dealkylation sites (tertiary alicyclic amines) is 1. The monoisotopic (exact) mass is 399 g/mol. The lowest BCUT2D eigenvalue weighted by Gasteiger charge is -2.51. The Balaban J connectivity index is 1.47. The number of carbonyl (C=O) groups is 1. The van der Waals surface area contributed by atoms with Crippen molar-refractivity contribution in [2.45, 2.75) is 50.1 Å². The van der Waals surface area contributed by atoms with Gasteiger partial charge in [-0.2, -0.15) is 5.26 Å². The number of nitriles is 1. The van der Waals surface area contributed by atoms with Crippen LogP contribution in [-0.4, -0.2) is 39.6 Å². The molecule has 0 bridgehead atoms. The third-order valence-electron chi connectivity index (χ3n) is 6.15. The Kier molecular flexibility index (Phi) is 6.12. The maximum Gasteiger partial charge on any atom is 0.230 e. The van der Waals surface area contributed by atoms with Crippen LogP contribution >= 0.6 is 0 Å². The van der Waals surface area contributed by atoms with E-state index in [1.165, 1.54) is 30.6 Å². The number of hydrogen-bond donors (Lipinski definition) is 1. The molecule has 1 amide bonds. The maximum atomic E-state index is 12.8. The second-order valence-electron chi connectivity index (χ2n) is 8.02. The summed E-state index contributed by atoms with van der Waals surface area (Å²) in [6.07, 6.45) is 6.69. The van der Waals surface area contributed by atoms with E-state index in [2.05, 4.69) is 22.9 Å². The fourth-order valence-corrected chi connectivity index (χ4v) is 4.54. The highest BCUT2D eigenvalue weighted by atomic mass is 16.3. The van der Waals surface area contributed by atoms with Gasteiger partial charge in [-0.1, -0.05) is 42.9 Å². The minimum absolute atomic E-state index is 0.123. The van der Waals surface area contributed by atoms with E-state index in [9.17, 15) is 15.2 Å². The van der Waals surface area contributed by atoms with Crippen molar-refractivity contribution in [1.82, 2.24) is 9.88 Å². The van der Waals surface area contributed by atoms with Gasteiger partial charge < -0.3 is 10.0 Å². The van der Waals surface area contributed by atoms with Gasteiger partial charge in [-0.3, -0.25) is 9.78 Å². The third kappa shape index (κ3) is 4.08. The molecule has 2 aliphatic rings. The van der Waals surface area contributed by atoms with Crippen LogP contribution in [0.2, 0.25) is 0 Å². The molecule has 0 spiro atoms. The van der Waals surface area contributed by atoms with Gasteiger partial charge in [0.25, 0.3) is 0 Å². The Morgan fingerprint density at radius 1 is 1.17 bits per heavy atom. The topological polar surface area (TPSA) is 77.2 Å². The molecule has 5 nitrogen and oxygen atoms in total. The van der Waals surface area contributed by atoms with Crippen LogP contribution in [0, 0.1) is 29.1 Å². The summed E-state index contributed by atoms with van der Waals surface area (Å²) in [4.78, 5) is 18.5. The molecule has 30 heavy (non-hydrogen) atoms. The smallest absolute Gasteiger partial charge is 0.230 e. The molecule has 1 saturated heterocycles. The first-order chi connectivity index (χ1) is 14.7. The van der Waals surface area contributed by atoms with Gasteiger partial charge in [0.15, 0.2) is 0 Å². The summed E-state index contributed by atoms with van der Waals surface area (Å²) >= 11 is 0. The molecule has 152 valence electrons. The SMILES string of the molecule is N#C[C@H]1[C@H](c2ccc(C#CC3CCCC3)cc2)[C@@H](CO)N1C(=O)Cc1ccccn1. The molecular formula is C25H25N3O2. The van der Waals surface area contributed by atoms with Crippen LogP contribution in [0.4, 0.5) is 0 Å². The van der Waals surface area contributed by atoms with Gasteiger partial charge in [0, 0.05) is 29.3 Å². The van der Waals surface area contributed by atoms with Crippen LogP contribution in [0.5, 0.6) is 0 Å². The Morgan fingerprint density at radius 2 is 1.93 bits per heavy atom. The highest BCUT2D eigenvalue weighted by Gasteiger charge is 2.51. The third-order valence-corrected chi connectivity index (χ3v) is 6.15. The number of rotatable bonds is 4. The number of aliphatic hydroxyl groups is 1. The van der Waals surface area contributed by atoms with Gasteiger partial charge >= 0.3 is 0 Å². The lowest BCUT2D eigenvalue weighted by Crippen LogP contribution is -2.65. The lowest BCUT2D eigenvalue weighted by molar-refractivity contribution is -0.146. The van der Waals surface area contributed by atoms with Crippen molar-refractivity contribution < 1.29 is 9.90 Å². The molecule has 1 saturated carbocycles. The van der Waals surface area contributed by atoms with E-state index >= 15 is 0 Å². The highest BCUT2D eigenvalue weighted by Crippen LogP contribution is 2.40. The first-order valence-electron chi connectivity index (χ1n) is 10.5. The number of carbonyl (C=O) groups excluding carboxylic acids is 1. The van der Waals surface area contributed by atoms with Crippen molar-refractivity contribution in [2.24, 2.45) is 5.92 Å². The van der Waals surface area contributed by atoms with Gasteiger partial charge in [0.1, 0.15) is 6.04 Å². The Hall–Kier alpha value is -3.15. The average molecular weight is 399 g/mol. The van der Waals surface area contributed by atoms with Crippen LogP contribution in [0.15, 0.2) is 48.7 Å². The molecule has 3 atom stereocenters. The first kappa shape index (κ1) is 20.1. The van der Waals surface area contributed by atoms with E-state index in [1.54, 1.807) is 18.3 Å². The van der Waals surface area contributed by atoms with Crippen LogP contribution in [-0.2, 0) is 11.2 Å². The van der Waals surface area contributed by atoms with Gasteiger partial charge in [0.05, 0.1) is 25.1 Å². The average Bonchev–Trinajstić information content (AvgIpc) is 3.27. The molecule has 2 heterocycles. The van der Waals surface area contributed by atoms with Crippen molar-refractivity contribution in [3.05, 3.63) is 65.5 Å². The summed E-state index contributed by atoms with van der Waals surface area (Å²) in [6.45, 7) is -0.181.